The van der Waals surface area contributed by atoms with Gasteiger partial charge in [-0.15, -0.1) is 0 Å². The second-order valence-corrected chi connectivity index (χ2v) is 4.31. The van der Waals surface area contributed by atoms with Crippen LogP contribution < -0.4 is 5.32 Å². The van der Waals surface area contributed by atoms with E-state index >= 15 is 0 Å². The number of benzene rings is 1. The van der Waals surface area contributed by atoms with Crippen LogP contribution in [0.25, 0.3) is 11.3 Å². The van der Waals surface area contributed by atoms with Crippen molar-refractivity contribution < 1.29 is 0 Å². The maximum absolute atomic E-state index is 4.23. The van der Waals surface area contributed by atoms with Crippen molar-refractivity contribution in [1.82, 2.24) is 10.2 Å². The van der Waals surface area contributed by atoms with Gasteiger partial charge in [0, 0.05) is 12.6 Å². The Bertz CT molecular complexity index is 431. The molecule has 0 fully saturated rings. The Balaban J connectivity index is 2.08. The first-order chi connectivity index (χ1) is 7.75. The third-order valence-electron chi connectivity index (χ3n) is 2.35. The van der Waals surface area contributed by atoms with Crippen LogP contribution in [0.15, 0.2) is 36.4 Å². The zero-order valence-corrected chi connectivity index (χ0v) is 9.70. The van der Waals surface area contributed by atoms with Gasteiger partial charge in [-0.2, -0.15) is 5.10 Å². The normalized spacial score (nSPS) is 10.7. The summed E-state index contributed by atoms with van der Waals surface area (Å²) in [6.45, 7) is 5.30. The zero-order chi connectivity index (χ0) is 11.4. The Morgan fingerprint density at radius 3 is 2.69 bits per heavy atom. The van der Waals surface area contributed by atoms with Gasteiger partial charge in [-0.3, -0.25) is 5.10 Å². The third kappa shape index (κ3) is 2.63. The first-order valence-corrected chi connectivity index (χ1v) is 5.60. The van der Waals surface area contributed by atoms with Crippen LogP contribution in [-0.4, -0.2) is 16.7 Å². The van der Waals surface area contributed by atoms with Crippen molar-refractivity contribution in [3.05, 3.63) is 36.4 Å². The van der Waals surface area contributed by atoms with E-state index in [0.717, 1.165) is 23.6 Å². The number of hydrogen-bond acceptors (Lipinski definition) is 2. The van der Waals surface area contributed by atoms with E-state index in [4.69, 9.17) is 0 Å². The number of aromatic amines is 1. The maximum atomic E-state index is 4.23. The molecule has 0 atom stereocenters. The van der Waals surface area contributed by atoms with Gasteiger partial charge in [0.05, 0.1) is 5.69 Å². The molecule has 3 nitrogen and oxygen atoms in total. The van der Waals surface area contributed by atoms with Gasteiger partial charge in [-0.25, -0.2) is 0 Å². The predicted molar refractivity (Wildman–Crippen MR) is 67.4 cm³/mol. The molecule has 84 valence electrons. The molecular weight excluding hydrogens is 198 g/mol. The molecule has 0 saturated heterocycles. The molecule has 1 aromatic heterocycles. The number of nitrogens with zero attached hydrogens (tertiary/aromatic N) is 1. The van der Waals surface area contributed by atoms with Gasteiger partial charge in [0.15, 0.2) is 0 Å². The number of anilines is 1. The van der Waals surface area contributed by atoms with Crippen LogP contribution >= 0.6 is 0 Å². The summed E-state index contributed by atoms with van der Waals surface area (Å²) in [7, 11) is 0. The van der Waals surface area contributed by atoms with Gasteiger partial charge in [-0.05, 0) is 11.5 Å². The molecule has 0 saturated carbocycles. The van der Waals surface area contributed by atoms with Crippen LogP contribution in [0.2, 0.25) is 0 Å². The monoisotopic (exact) mass is 215 g/mol. The molecule has 0 aliphatic carbocycles. The highest BCUT2D eigenvalue weighted by Crippen LogP contribution is 2.18. The second kappa shape index (κ2) is 4.84. The van der Waals surface area contributed by atoms with E-state index in [1.54, 1.807) is 0 Å². The summed E-state index contributed by atoms with van der Waals surface area (Å²) in [6.07, 6.45) is 0. The molecule has 0 unspecified atom stereocenters. The first-order valence-electron chi connectivity index (χ1n) is 5.60. The van der Waals surface area contributed by atoms with Gasteiger partial charge in [0.1, 0.15) is 5.82 Å². The van der Waals surface area contributed by atoms with E-state index in [1.807, 2.05) is 24.3 Å². The van der Waals surface area contributed by atoms with Crippen LogP contribution in [0.1, 0.15) is 13.8 Å². The topological polar surface area (TPSA) is 40.7 Å². The number of aromatic nitrogens is 2. The standard InChI is InChI=1S/C13H17N3/c1-10(2)9-14-13-8-12(15-16-13)11-6-4-3-5-7-11/h3-8,10H,9H2,1-2H3,(H2,14,15,16). The number of hydrogen-bond donors (Lipinski definition) is 2. The summed E-state index contributed by atoms with van der Waals surface area (Å²) in [4.78, 5) is 0. The largest absolute Gasteiger partial charge is 0.368 e. The molecule has 0 aliphatic heterocycles. The van der Waals surface area contributed by atoms with E-state index < -0.39 is 0 Å². The van der Waals surface area contributed by atoms with Crippen molar-refractivity contribution in [2.24, 2.45) is 5.92 Å². The predicted octanol–water partition coefficient (Wildman–Crippen LogP) is 3.14. The van der Waals surface area contributed by atoms with Crippen molar-refractivity contribution >= 4 is 5.82 Å². The Hall–Kier alpha value is -1.77. The highest BCUT2D eigenvalue weighted by atomic mass is 15.2. The number of H-pyrrole nitrogens is 1. The average molecular weight is 215 g/mol. The van der Waals surface area contributed by atoms with Gasteiger partial charge < -0.3 is 5.32 Å². The molecule has 2 rings (SSSR count). The first kappa shape index (κ1) is 10.7. The fourth-order valence-corrected chi connectivity index (χ4v) is 1.49. The molecule has 0 bridgehead atoms. The summed E-state index contributed by atoms with van der Waals surface area (Å²) in [5.74, 6) is 1.53. The van der Waals surface area contributed by atoms with Crippen molar-refractivity contribution in [2.45, 2.75) is 13.8 Å². The minimum atomic E-state index is 0.622. The quantitative estimate of drug-likeness (QED) is 0.822. The van der Waals surface area contributed by atoms with E-state index in [2.05, 4.69) is 41.5 Å². The molecule has 0 aliphatic rings. The van der Waals surface area contributed by atoms with Crippen LogP contribution in [-0.2, 0) is 0 Å². The van der Waals surface area contributed by atoms with E-state index in [9.17, 15) is 0 Å². The van der Waals surface area contributed by atoms with Crippen LogP contribution in [0, 0.1) is 5.92 Å². The Morgan fingerprint density at radius 2 is 2.00 bits per heavy atom. The highest BCUT2D eigenvalue weighted by Gasteiger charge is 2.02. The molecule has 3 heteroatoms. The molecular formula is C13H17N3. The molecule has 16 heavy (non-hydrogen) atoms. The smallest absolute Gasteiger partial charge is 0.148 e. The summed E-state index contributed by atoms with van der Waals surface area (Å²) >= 11 is 0. The van der Waals surface area contributed by atoms with E-state index in [-0.39, 0.29) is 0 Å². The maximum Gasteiger partial charge on any atom is 0.148 e. The van der Waals surface area contributed by atoms with Crippen LogP contribution in [0.4, 0.5) is 5.82 Å². The molecule has 1 aromatic carbocycles. The van der Waals surface area contributed by atoms with Crippen LogP contribution in [0.3, 0.4) is 0 Å². The van der Waals surface area contributed by atoms with Gasteiger partial charge >= 0.3 is 0 Å². The summed E-state index contributed by atoms with van der Waals surface area (Å²) < 4.78 is 0. The fraction of sp³-hybridized carbons (Fsp3) is 0.308. The second-order valence-electron chi connectivity index (χ2n) is 4.31. The molecule has 0 spiro atoms. The van der Waals surface area contributed by atoms with Crippen molar-refractivity contribution in [3.8, 4) is 11.3 Å². The van der Waals surface area contributed by atoms with Crippen molar-refractivity contribution in [1.29, 1.82) is 0 Å². The Kier molecular flexibility index (Phi) is 3.25. The molecule has 0 radical (unpaired) electrons. The molecule has 1 heterocycles. The van der Waals surface area contributed by atoms with Crippen molar-refractivity contribution in [3.63, 3.8) is 0 Å². The van der Waals surface area contributed by atoms with Gasteiger partial charge in [0.25, 0.3) is 0 Å². The third-order valence-corrected chi connectivity index (χ3v) is 2.35. The summed E-state index contributed by atoms with van der Waals surface area (Å²) in [5.41, 5.74) is 2.21. The van der Waals surface area contributed by atoms with Gasteiger partial charge in [-0.1, -0.05) is 44.2 Å². The number of nitrogens with one attached hydrogen (secondary N) is 2. The Morgan fingerprint density at radius 1 is 1.25 bits per heavy atom. The van der Waals surface area contributed by atoms with E-state index in [0.29, 0.717) is 5.92 Å². The molecule has 2 aromatic rings. The average Bonchev–Trinajstić information content (AvgIpc) is 2.76. The zero-order valence-electron chi connectivity index (χ0n) is 9.70. The SMILES string of the molecule is CC(C)CNc1cc(-c2ccccc2)[nH]n1. The minimum Gasteiger partial charge on any atom is -0.368 e. The van der Waals surface area contributed by atoms with E-state index in [1.165, 1.54) is 0 Å². The van der Waals surface area contributed by atoms with Gasteiger partial charge in [0.2, 0.25) is 0 Å². The summed E-state index contributed by atoms with van der Waals surface area (Å²) in [5, 5.41) is 10.6. The lowest BCUT2D eigenvalue weighted by Crippen LogP contribution is -2.07. The molecule has 2 N–H and O–H groups in total. The highest BCUT2D eigenvalue weighted by molar-refractivity contribution is 5.62. The molecule has 0 amide bonds. The van der Waals surface area contributed by atoms with Crippen LogP contribution in [0.5, 0.6) is 0 Å². The number of rotatable bonds is 4. The minimum absolute atomic E-state index is 0.622. The Labute approximate surface area is 95.9 Å². The lowest BCUT2D eigenvalue weighted by atomic mass is 10.1. The fourth-order valence-electron chi connectivity index (χ4n) is 1.49. The van der Waals surface area contributed by atoms with Crippen molar-refractivity contribution in [2.75, 3.05) is 11.9 Å². The summed E-state index contributed by atoms with van der Waals surface area (Å²) in [6, 6.07) is 12.2. The lowest BCUT2D eigenvalue weighted by molar-refractivity contribution is 0.687. The lowest BCUT2D eigenvalue weighted by Gasteiger charge is -2.04.